The van der Waals surface area contributed by atoms with E-state index >= 15 is 0 Å². The first kappa shape index (κ1) is 8.53. The van der Waals surface area contributed by atoms with Gasteiger partial charge in [-0.3, -0.25) is 10.1 Å². The van der Waals surface area contributed by atoms with Gasteiger partial charge in [-0.25, -0.2) is 4.79 Å². The average Bonchev–Trinajstić information content (AvgIpc) is 2.26. The molecule has 1 spiro atoms. The van der Waals surface area contributed by atoms with Crippen LogP contribution in [0.15, 0.2) is 0 Å². The van der Waals surface area contributed by atoms with Gasteiger partial charge in [0.1, 0.15) is 5.54 Å². The van der Waals surface area contributed by atoms with E-state index in [1.54, 1.807) is 0 Å². The second-order valence-corrected chi connectivity index (χ2v) is 4.19. The van der Waals surface area contributed by atoms with Gasteiger partial charge in [0, 0.05) is 0 Å². The number of hydrogen-bond donors (Lipinski definition) is 2. The Balaban J connectivity index is 2.19. The van der Waals surface area contributed by atoms with Crippen molar-refractivity contribution in [3.63, 3.8) is 0 Å². The van der Waals surface area contributed by atoms with Gasteiger partial charge in [0.2, 0.25) is 0 Å². The monoisotopic (exact) mass is 182 g/mol. The Kier molecular flexibility index (Phi) is 1.78. The van der Waals surface area contributed by atoms with Crippen molar-refractivity contribution in [1.29, 1.82) is 0 Å². The Morgan fingerprint density at radius 3 is 2.77 bits per heavy atom. The Bertz CT molecular complexity index is 264. The van der Waals surface area contributed by atoms with Crippen LogP contribution in [-0.4, -0.2) is 17.5 Å². The minimum Gasteiger partial charge on any atom is -0.323 e. The molecule has 2 N–H and O–H groups in total. The lowest BCUT2D eigenvalue weighted by molar-refractivity contribution is -0.125. The molecule has 3 amide bonds. The van der Waals surface area contributed by atoms with E-state index in [0.29, 0.717) is 5.92 Å². The van der Waals surface area contributed by atoms with Crippen molar-refractivity contribution in [1.82, 2.24) is 10.6 Å². The zero-order chi connectivity index (χ0) is 9.47. The number of imide groups is 1. The van der Waals surface area contributed by atoms with Crippen LogP contribution in [0.1, 0.15) is 32.6 Å². The van der Waals surface area contributed by atoms with E-state index in [9.17, 15) is 9.59 Å². The van der Waals surface area contributed by atoms with Crippen LogP contribution in [0.4, 0.5) is 4.79 Å². The van der Waals surface area contributed by atoms with E-state index < -0.39 is 5.54 Å². The first-order valence-corrected chi connectivity index (χ1v) is 4.76. The zero-order valence-corrected chi connectivity index (χ0v) is 7.72. The van der Waals surface area contributed by atoms with E-state index in [1.807, 2.05) is 0 Å². The molecule has 2 aliphatic rings. The number of nitrogens with one attached hydrogen (secondary N) is 2. The summed E-state index contributed by atoms with van der Waals surface area (Å²) in [6, 6.07) is -0.334. The number of carbonyl (C=O) groups is 2. The van der Waals surface area contributed by atoms with Crippen molar-refractivity contribution in [2.45, 2.75) is 38.1 Å². The topological polar surface area (TPSA) is 58.2 Å². The molecule has 4 nitrogen and oxygen atoms in total. The summed E-state index contributed by atoms with van der Waals surface area (Å²) in [7, 11) is 0. The third kappa shape index (κ3) is 1.30. The Morgan fingerprint density at radius 1 is 1.46 bits per heavy atom. The summed E-state index contributed by atoms with van der Waals surface area (Å²) in [5.74, 6) is 0.391. The molecular weight excluding hydrogens is 168 g/mol. The van der Waals surface area contributed by atoms with Crippen LogP contribution >= 0.6 is 0 Å². The highest BCUT2D eigenvalue weighted by atomic mass is 16.2. The molecule has 4 heteroatoms. The van der Waals surface area contributed by atoms with Gasteiger partial charge in [-0.15, -0.1) is 0 Å². The van der Waals surface area contributed by atoms with E-state index in [2.05, 4.69) is 17.6 Å². The van der Waals surface area contributed by atoms with E-state index in [1.165, 1.54) is 0 Å². The molecule has 2 fully saturated rings. The summed E-state index contributed by atoms with van der Waals surface area (Å²) < 4.78 is 0. The SMILES string of the molecule is C[C@H]1CCC[C@@]2(C1)NC(=O)NC2=O. The number of urea groups is 1. The van der Waals surface area contributed by atoms with Crippen LogP contribution in [0.25, 0.3) is 0 Å². The van der Waals surface area contributed by atoms with Gasteiger partial charge in [-0.1, -0.05) is 19.8 Å². The molecule has 13 heavy (non-hydrogen) atoms. The predicted octanol–water partition coefficient (Wildman–Crippen LogP) is 0.775. The molecule has 0 unspecified atom stereocenters. The van der Waals surface area contributed by atoms with Gasteiger partial charge in [0.05, 0.1) is 0 Å². The Morgan fingerprint density at radius 2 is 2.23 bits per heavy atom. The lowest BCUT2D eigenvalue weighted by atomic mass is 9.76. The lowest BCUT2D eigenvalue weighted by Gasteiger charge is -2.33. The molecule has 0 aromatic heterocycles. The van der Waals surface area contributed by atoms with Gasteiger partial charge in [-0.05, 0) is 18.8 Å². The highest BCUT2D eigenvalue weighted by Gasteiger charge is 2.47. The maximum Gasteiger partial charge on any atom is 0.322 e. The maximum atomic E-state index is 11.5. The van der Waals surface area contributed by atoms with E-state index in [4.69, 9.17) is 0 Å². The first-order chi connectivity index (χ1) is 6.12. The highest BCUT2D eigenvalue weighted by Crippen LogP contribution is 2.33. The summed E-state index contributed by atoms with van der Waals surface area (Å²) in [5.41, 5.74) is -0.575. The summed E-state index contributed by atoms with van der Waals surface area (Å²) in [6.07, 6.45) is 3.75. The molecule has 1 heterocycles. The van der Waals surface area contributed by atoms with Gasteiger partial charge >= 0.3 is 6.03 Å². The molecule has 0 aromatic rings. The second kappa shape index (κ2) is 2.72. The van der Waals surface area contributed by atoms with Gasteiger partial charge in [0.25, 0.3) is 5.91 Å². The second-order valence-electron chi connectivity index (χ2n) is 4.19. The molecule has 72 valence electrons. The van der Waals surface area contributed by atoms with Crippen LogP contribution in [0.3, 0.4) is 0 Å². The molecule has 1 saturated heterocycles. The van der Waals surface area contributed by atoms with Crippen molar-refractivity contribution in [3.8, 4) is 0 Å². The largest absolute Gasteiger partial charge is 0.323 e. The van der Waals surface area contributed by atoms with Crippen molar-refractivity contribution < 1.29 is 9.59 Å². The summed E-state index contributed by atoms with van der Waals surface area (Å²) in [4.78, 5) is 22.5. The van der Waals surface area contributed by atoms with E-state index in [0.717, 1.165) is 25.7 Å². The number of rotatable bonds is 0. The van der Waals surface area contributed by atoms with Crippen LogP contribution in [0.5, 0.6) is 0 Å². The van der Waals surface area contributed by atoms with Crippen molar-refractivity contribution >= 4 is 11.9 Å². The minimum absolute atomic E-state index is 0.135. The smallest absolute Gasteiger partial charge is 0.322 e. The van der Waals surface area contributed by atoms with Crippen LogP contribution in [0.2, 0.25) is 0 Å². The van der Waals surface area contributed by atoms with Crippen molar-refractivity contribution in [2.24, 2.45) is 5.92 Å². The van der Waals surface area contributed by atoms with Crippen LogP contribution in [-0.2, 0) is 4.79 Å². The van der Waals surface area contributed by atoms with Gasteiger partial charge in [0.15, 0.2) is 0 Å². The molecule has 1 aliphatic carbocycles. The third-order valence-corrected chi connectivity index (χ3v) is 3.01. The number of carbonyl (C=O) groups excluding carboxylic acids is 2. The Hall–Kier alpha value is -1.06. The highest BCUT2D eigenvalue weighted by molar-refractivity contribution is 6.07. The summed E-state index contributed by atoms with van der Waals surface area (Å²) in [6.45, 7) is 2.12. The van der Waals surface area contributed by atoms with Crippen LogP contribution < -0.4 is 10.6 Å². The quantitative estimate of drug-likeness (QED) is 0.544. The summed E-state index contributed by atoms with van der Waals surface area (Å²) in [5, 5.41) is 5.06. The molecule has 2 rings (SSSR count). The fourth-order valence-electron chi connectivity index (χ4n) is 2.40. The number of hydrogen-bond acceptors (Lipinski definition) is 2. The molecule has 1 saturated carbocycles. The molecule has 0 aromatic carbocycles. The molecule has 1 aliphatic heterocycles. The average molecular weight is 182 g/mol. The minimum atomic E-state index is -0.575. The molecular formula is C9H14N2O2. The lowest BCUT2D eigenvalue weighted by Crippen LogP contribution is -2.49. The van der Waals surface area contributed by atoms with Crippen molar-refractivity contribution in [3.05, 3.63) is 0 Å². The maximum absolute atomic E-state index is 11.5. The fraction of sp³-hybridized carbons (Fsp3) is 0.778. The van der Waals surface area contributed by atoms with Crippen molar-refractivity contribution in [2.75, 3.05) is 0 Å². The molecule has 0 bridgehead atoms. The molecule has 2 atom stereocenters. The van der Waals surface area contributed by atoms with Gasteiger partial charge in [-0.2, -0.15) is 0 Å². The standard InChI is InChI=1S/C9H14N2O2/c1-6-3-2-4-9(5-6)7(12)10-8(13)11-9/h6H,2-5H2,1H3,(H2,10,11,12,13)/t6-,9-/m0/s1. The number of amides is 3. The predicted molar refractivity (Wildman–Crippen MR) is 47.0 cm³/mol. The summed E-state index contributed by atoms with van der Waals surface area (Å²) >= 11 is 0. The normalized spacial score (nSPS) is 39.0. The first-order valence-electron chi connectivity index (χ1n) is 4.76. The van der Waals surface area contributed by atoms with Crippen LogP contribution in [0, 0.1) is 5.92 Å². The fourth-order valence-corrected chi connectivity index (χ4v) is 2.40. The van der Waals surface area contributed by atoms with E-state index in [-0.39, 0.29) is 11.9 Å². The Labute approximate surface area is 77.1 Å². The van der Waals surface area contributed by atoms with Gasteiger partial charge < -0.3 is 5.32 Å². The zero-order valence-electron chi connectivity index (χ0n) is 7.72. The third-order valence-electron chi connectivity index (χ3n) is 3.01. The molecule has 0 radical (unpaired) electrons.